The molecule has 0 aromatic carbocycles. The highest BCUT2D eigenvalue weighted by molar-refractivity contribution is 7.99. The Hall–Kier alpha value is -1.50. The van der Waals surface area contributed by atoms with Crippen LogP contribution in [0.25, 0.3) is 0 Å². The SMILES string of the molecule is CC(=O)N1CSCC1C(=O)NCc1cn2c(n1)CCCC2. The quantitative estimate of drug-likeness (QED) is 0.895. The molecule has 6 nitrogen and oxygen atoms in total. The molecule has 1 saturated heterocycles. The van der Waals surface area contributed by atoms with Crippen molar-refractivity contribution in [2.75, 3.05) is 11.6 Å². The van der Waals surface area contributed by atoms with Gasteiger partial charge in [0.15, 0.2) is 0 Å². The lowest BCUT2D eigenvalue weighted by Gasteiger charge is -2.21. The van der Waals surface area contributed by atoms with Crippen LogP contribution < -0.4 is 5.32 Å². The maximum absolute atomic E-state index is 12.2. The zero-order valence-electron chi connectivity index (χ0n) is 12.2. The molecule has 0 saturated carbocycles. The van der Waals surface area contributed by atoms with Gasteiger partial charge in [0.05, 0.1) is 18.1 Å². The van der Waals surface area contributed by atoms with Crippen molar-refractivity contribution in [1.29, 1.82) is 0 Å². The molecule has 1 fully saturated rings. The van der Waals surface area contributed by atoms with Crippen LogP contribution >= 0.6 is 11.8 Å². The number of aromatic nitrogens is 2. The average Bonchev–Trinajstić information content (AvgIpc) is 3.10. The first-order valence-corrected chi connectivity index (χ1v) is 8.48. The second-order valence-electron chi connectivity index (χ2n) is 5.52. The molecule has 2 aliphatic heterocycles. The van der Waals surface area contributed by atoms with E-state index in [-0.39, 0.29) is 17.9 Å². The zero-order chi connectivity index (χ0) is 14.8. The summed E-state index contributed by atoms with van der Waals surface area (Å²) in [6.07, 6.45) is 5.43. The first kappa shape index (κ1) is 14.4. The molecule has 2 amide bonds. The number of imidazole rings is 1. The minimum absolute atomic E-state index is 0.0439. The van der Waals surface area contributed by atoms with Crippen molar-refractivity contribution in [3.63, 3.8) is 0 Å². The number of carbonyl (C=O) groups is 2. The van der Waals surface area contributed by atoms with Gasteiger partial charge in [-0.3, -0.25) is 9.59 Å². The number of hydrogen-bond acceptors (Lipinski definition) is 4. The Kier molecular flexibility index (Phi) is 4.19. The number of aryl methyl sites for hydroxylation is 2. The summed E-state index contributed by atoms with van der Waals surface area (Å²) < 4.78 is 2.18. The molecule has 1 N–H and O–H groups in total. The van der Waals surface area contributed by atoms with Gasteiger partial charge in [0, 0.05) is 31.8 Å². The summed E-state index contributed by atoms with van der Waals surface area (Å²) in [6.45, 7) is 2.97. The van der Waals surface area contributed by atoms with E-state index < -0.39 is 0 Å². The smallest absolute Gasteiger partial charge is 0.244 e. The molecule has 1 aromatic rings. The van der Waals surface area contributed by atoms with Gasteiger partial charge in [0.1, 0.15) is 11.9 Å². The Balaban J connectivity index is 1.58. The molecule has 3 rings (SSSR count). The molecular weight excluding hydrogens is 288 g/mol. The van der Waals surface area contributed by atoms with Crippen LogP contribution in [0.4, 0.5) is 0 Å². The van der Waals surface area contributed by atoms with Crippen molar-refractivity contribution >= 4 is 23.6 Å². The topological polar surface area (TPSA) is 67.2 Å². The van der Waals surface area contributed by atoms with Gasteiger partial charge in [0.2, 0.25) is 11.8 Å². The lowest BCUT2D eigenvalue weighted by Crippen LogP contribution is -2.46. The van der Waals surface area contributed by atoms with E-state index in [0.29, 0.717) is 18.2 Å². The van der Waals surface area contributed by atoms with Gasteiger partial charge in [-0.25, -0.2) is 4.98 Å². The maximum Gasteiger partial charge on any atom is 0.244 e. The highest BCUT2D eigenvalue weighted by Crippen LogP contribution is 2.21. The highest BCUT2D eigenvalue weighted by atomic mass is 32.2. The second kappa shape index (κ2) is 6.09. The third-order valence-electron chi connectivity index (χ3n) is 3.99. The van der Waals surface area contributed by atoms with Crippen LogP contribution in [0.3, 0.4) is 0 Å². The van der Waals surface area contributed by atoms with Crippen LogP contribution in [0.15, 0.2) is 6.20 Å². The number of fused-ring (bicyclic) bond motifs is 1. The maximum atomic E-state index is 12.2. The normalized spacial score (nSPS) is 21.2. The molecule has 1 unspecified atom stereocenters. The fourth-order valence-electron chi connectivity index (χ4n) is 2.82. The third kappa shape index (κ3) is 3.07. The monoisotopic (exact) mass is 308 g/mol. The predicted molar refractivity (Wildman–Crippen MR) is 80.6 cm³/mol. The Morgan fingerprint density at radius 3 is 3.10 bits per heavy atom. The fourth-order valence-corrected chi connectivity index (χ4v) is 4.04. The number of thioether (sulfide) groups is 1. The molecule has 7 heteroatoms. The van der Waals surface area contributed by atoms with Gasteiger partial charge in [-0.15, -0.1) is 11.8 Å². The molecule has 1 aromatic heterocycles. The Morgan fingerprint density at radius 1 is 1.48 bits per heavy atom. The van der Waals surface area contributed by atoms with E-state index in [0.717, 1.165) is 24.5 Å². The van der Waals surface area contributed by atoms with Crippen molar-refractivity contribution in [2.45, 2.75) is 45.3 Å². The predicted octanol–water partition coefficient (Wildman–Crippen LogP) is 0.757. The number of nitrogens with one attached hydrogen (secondary N) is 1. The van der Waals surface area contributed by atoms with Gasteiger partial charge in [0.25, 0.3) is 0 Å². The van der Waals surface area contributed by atoms with Crippen LogP contribution in [0.2, 0.25) is 0 Å². The summed E-state index contributed by atoms with van der Waals surface area (Å²) in [5.41, 5.74) is 0.903. The molecule has 0 aliphatic carbocycles. The Morgan fingerprint density at radius 2 is 2.33 bits per heavy atom. The van der Waals surface area contributed by atoms with Gasteiger partial charge < -0.3 is 14.8 Å². The lowest BCUT2D eigenvalue weighted by atomic mass is 10.2. The second-order valence-corrected chi connectivity index (χ2v) is 6.52. The van der Waals surface area contributed by atoms with E-state index in [1.165, 1.54) is 19.8 Å². The minimum Gasteiger partial charge on any atom is -0.349 e. The van der Waals surface area contributed by atoms with Gasteiger partial charge >= 0.3 is 0 Å². The van der Waals surface area contributed by atoms with E-state index in [1.807, 2.05) is 6.20 Å². The van der Waals surface area contributed by atoms with Gasteiger partial charge in [-0.2, -0.15) is 0 Å². The number of nitrogens with zero attached hydrogens (tertiary/aromatic N) is 3. The van der Waals surface area contributed by atoms with Crippen molar-refractivity contribution in [3.05, 3.63) is 17.7 Å². The van der Waals surface area contributed by atoms with Crippen molar-refractivity contribution in [2.24, 2.45) is 0 Å². The highest BCUT2D eigenvalue weighted by Gasteiger charge is 2.32. The zero-order valence-corrected chi connectivity index (χ0v) is 13.0. The fraction of sp³-hybridized carbons (Fsp3) is 0.643. The molecule has 0 radical (unpaired) electrons. The van der Waals surface area contributed by atoms with Crippen molar-refractivity contribution in [1.82, 2.24) is 19.8 Å². The number of rotatable bonds is 3. The van der Waals surface area contributed by atoms with E-state index in [1.54, 1.807) is 16.7 Å². The summed E-state index contributed by atoms with van der Waals surface area (Å²) in [4.78, 5) is 29.9. The molecule has 114 valence electrons. The minimum atomic E-state index is -0.343. The van der Waals surface area contributed by atoms with Crippen molar-refractivity contribution in [3.8, 4) is 0 Å². The Labute approximate surface area is 128 Å². The van der Waals surface area contributed by atoms with E-state index in [9.17, 15) is 9.59 Å². The molecule has 1 atom stereocenters. The molecule has 2 aliphatic rings. The van der Waals surface area contributed by atoms with Crippen molar-refractivity contribution < 1.29 is 9.59 Å². The van der Waals surface area contributed by atoms with Crippen LogP contribution in [0.1, 0.15) is 31.3 Å². The van der Waals surface area contributed by atoms with E-state index in [2.05, 4.69) is 14.9 Å². The van der Waals surface area contributed by atoms with Crippen LogP contribution in [-0.4, -0.2) is 43.9 Å². The summed E-state index contributed by atoms with van der Waals surface area (Å²) >= 11 is 1.62. The summed E-state index contributed by atoms with van der Waals surface area (Å²) in [5, 5.41) is 2.91. The number of amides is 2. The lowest BCUT2D eigenvalue weighted by molar-refractivity contribution is -0.136. The largest absolute Gasteiger partial charge is 0.349 e. The molecule has 3 heterocycles. The van der Waals surface area contributed by atoms with E-state index >= 15 is 0 Å². The van der Waals surface area contributed by atoms with Gasteiger partial charge in [-0.05, 0) is 12.8 Å². The first-order valence-electron chi connectivity index (χ1n) is 7.33. The molecule has 0 spiro atoms. The molecular formula is C14H20N4O2S. The van der Waals surface area contributed by atoms with Gasteiger partial charge in [-0.1, -0.05) is 0 Å². The number of carbonyl (C=O) groups excluding carboxylic acids is 2. The molecule has 21 heavy (non-hydrogen) atoms. The summed E-state index contributed by atoms with van der Waals surface area (Å²) in [6, 6.07) is -0.343. The summed E-state index contributed by atoms with van der Waals surface area (Å²) in [7, 11) is 0. The Bertz CT molecular complexity index is 534. The molecule has 0 bridgehead atoms. The summed E-state index contributed by atoms with van der Waals surface area (Å²) in [5.74, 6) is 2.27. The average molecular weight is 308 g/mol. The van der Waals surface area contributed by atoms with Crippen LogP contribution in [0.5, 0.6) is 0 Å². The first-order chi connectivity index (χ1) is 10.1. The van der Waals surface area contributed by atoms with E-state index in [4.69, 9.17) is 0 Å². The van der Waals surface area contributed by atoms with Crippen LogP contribution in [-0.2, 0) is 29.1 Å². The standard InChI is InChI=1S/C14H20N4O2S/c1-10(19)18-9-21-8-12(18)14(20)15-6-11-7-17-5-3-2-4-13(17)16-11/h7,12H,2-6,8-9H2,1H3,(H,15,20). The third-order valence-corrected chi connectivity index (χ3v) is 5.00. The van der Waals surface area contributed by atoms with Crippen LogP contribution in [0, 0.1) is 0 Å². The number of hydrogen-bond donors (Lipinski definition) is 1.